The summed E-state index contributed by atoms with van der Waals surface area (Å²) >= 11 is 0. The molecule has 0 bridgehead atoms. The zero-order valence-electron chi connectivity index (χ0n) is 11.9. The quantitative estimate of drug-likeness (QED) is 0.843. The van der Waals surface area contributed by atoms with Gasteiger partial charge in [-0.15, -0.1) is 0 Å². The molecule has 0 aliphatic rings. The van der Waals surface area contributed by atoms with E-state index in [1.165, 1.54) is 0 Å². The third kappa shape index (κ3) is 3.64. The third-order valence-electron chi connectivity index (χ3n) is 3.14. The molecule has 0 heterocycles. The number of hydrogen-bond donors (Lipinski definition) is 1. The molecule has 3 nitrogen and oxygen atoms in total. The molecule has 0 radical (unpaired) electrons. The van der Waals surface area contributed by atoms with Gasteiger partial charge in [-0.3, -0.25) is 0 Å². The fourth-order valence-corrected chi connectivity index (χ4v) is 2.24. The monoisotopic (exact) mass is 252 g/mol. The van der Waals surface area contributed by atoms with Gasteiger partial charge in [-0.2, -0.15) is 0 Å². The van der Waals surface area contributed by atoms with E-state index in [-0.39, 0.29) is 5.92 Å². The smallest absolute Gasteiger partial charge is 0.128 e. The van der Waals surface area contributed by atoms with E-state index in [1.807, 2.05) is 12.1 Å². The molecular weight excluding hydrogens is 228 g/mol. The molecule has 1 aromatic carbocycles. The summed E-state index contributed by atoms with van der Waals surface area (Å²) in [5.74, 6) is 2.18. The van der Waals surface area contributed by atoms with E-state index in [0.29, 0.717) is 11.7 Å². The van der Waals surface area contributed by atoms with Gasteiger partial charge in [0.05, 0.1) is 20.3 Å². The zero-order chi connectivity index (χ0) is 13.7. The highest BCUT2D eigenvalue weighted by Crippen LogP contribution is 2.35. The lowest BCUT2D eigenvalue weighted by molar-refractivity contribution is 0.102. The van der Waals surface area contributed by atoms with Crippen LogP contribution in [-0.4, -0.2) is 19.3 Å². The van der Waals surface area contributed by atoms with Crippen molar-refractivity contribution in [3.05, 3.63) is 23.8 Å². The summed E-state index contributed by atoms with van der Waals surface area (Å²) in [6.07, 6.45) is 0.476. The van der Waals surface area contributed by atoms with Crippen LogP contribution in [-0.2, 0) is 0 Å². The van der Waals surface area contributed by atoms with Gasteiger partial charge in [0.1, 0.15) is 11.5 Å². The first kappa shape index (κ1) is 14.8. The lowest BCUT2D eigenvalue weighted by Gasteiger charge is -2.23. The van der Waals surface area contributed by atoms with Crippen LogP contribution in [0.3, 0.4) is 0 Å². The molecule has 1 aromatic rings. The number of rotatable bonds is 6. The highest BCUT2D eigenvalue weighted by atomic mass is 16.5. The SMILES string of the molecule is COc1ccc(C(O)C(C)CC(C)C)c(OC)c1. The van der Waals surface area contributed by atoms with Crippen molar-refractivity contribution in [2.45, 2.75) is 33.3 Å². The number of benzene rings is 1. The van der Waals surface area contributed by atoms with Crippen LogP contribution in [0.4, 0.5) is 0 Å². The largest absolute Gasteiger partial charge is 0.497 e. The summed E-state index contributed by atoms with van der Waals surface area (Å²) in [6.45, 7) is 6.39. The summed E-state index contributed by atoms with van der Waals surface area (Å²) < 4.78 is 10.5. The molecule has 18 heavy (non-hydrogen) atoms. The van der Waals surface area contributed by atoms with E-state index in [0.717, 1.165) is 17.7 Å². The van der Waals surface area contributed by atoms with E-state index in [4.69, 9.17) is 9.47 Å². The van der Waals surface area contributed by atoms with Gasteiger partial charge in [0.2, 0.25) is 0 Å². The average Bonchev–Trinajstić information content (AvgIpc) is 2.36. The molecule has 102 valence electrons. The summed E-state index contributed by atoms with van der Waals surface area (Å²) in [6, 6.07) is 5.53. The van der Waals surface area contributed by atoms with E-state index in [2.05, 4.69) is 20.8 Å². The van der Waals surface area contributed by atoms with Crippen molar-refractivity contribution in [3.63, 3.8) is 0 Å². The summed E-state index contributed by atoms with van der Waals surface area (Å²) in [5.41, 5.74) is 0.825. The van der Waals surface area contributed by atoms with Gasteiger partial charge in [-0.1, -0.05) is 20.8 Å². The standard InChI is InChI=1S/C15H24O3/c1-10(2)8-11(3)15(16)13-7-6-12(17-4)9-14(13)18-5/h6-7,9-11,15-16H,8H2,1-5H3. The van der Waals surface area contributed by atoms with Gasteiger partial charge in [0, 0.05) is 11.6 Å². The molecule has 0 spiro atoms. The lowest BCUT2D eigenvalue weighted by atomic mass is 9.89. The van der Waals surface area contributed by atoms with Crippen LogP contribution in [0.5, 0.6) is 11.5 Å². The second kappa shape index (κ2) is 6.64. The fraction of sp³-hybridized carbons (Fsp3) is 0.600. The fourth-order valence-electron chi connectivity index (χ4n) is 2.24. The minimum atomic E-state index is -0.506. The van der Waals surface area contributed by atoms with Crippen molar-refractivity contribution in [2.24, 2.45) is 11.8 Å². The van der Waals surface area contributed by atoms with Crippen LogP contribution < -0.4 is 9.47 Å². The average molecular weight is 252 g/mol. The Hall–Kier alpha value is -1.22. The van der Waals surface area contributed by atoms with Crippen molar-refractivity contribution in [2.75, 3.05) is 14.2 Å². The molecule has 0 aliphatic carbocycles. The van der Waals surface area contributed by atoms with Crippen LogP contribution in [0, 0.1) is 11.8 Å². The number of hydrogen-bond acceptors (Lipinski definition) is 3. The maximum atomic E-state index is 10.4. The molecule has 2 unspecified atom stereocenters. The van der Waals surface area contributed by atoms with E-state index in [9.17, 15) is 5.11 Å². The first-order valence-corrected chi connectivity index (χ1v) is 6.39. The molecule has 3 heteroatoms. The van der Waals surface area contributed by atoms with Gasteiger partial charge in [0.25, 0.3) is 0 Å². The minimum Gasteiger partial charge on any atom is -0.497 e. The van der Waals surface area contributed by atoms with Crippen LogP contribution in [0.1, 0.15) is 38.9 Å². The third-order valence-corrected chi connectivity index (χ3v) is 3.14. The molecule has 1 rings (SSSR count). The first-order valence-electron chi connectivity index (χ1n) is 6.39. The maximum absolute atomic E-state index is 10.4. The van der Waals surface area contributed by atoms with Crippen LogP contribution in [0.15, 0.2) is 18.2 Å². The van der Waals surface area contributed by atoms with Gasteiger partial charge in [0.15, 0.2) is 0 Å². The van der Waals surface area contributed by atoms with Gasteiger partial charge >= 0.3 is 0 Å². The Morgan fingerprint density at radius 3 is 2.28 bits per heavy atom. The molecule has 0 fully saturated rings. The van der Waals surface area contributed by atoms with E-state index < -0.39 is 6.10 Å². The summed E-state index contributed by atoms with van der Waals surface area (Å²) in [7, 11) is 3.23. The number of ether oxygens (including phenoxy) is 2. The topological polar surface area (TPSA) is 38.7 Å². The molecule has 0 saturated carbocycles. The predicted molar refractivity (Wildman–Crippen MR) is 73.1 cm³/mol. The number of methoxy groups -OCH3 is 2. The summed E-state index contributed by atoms with van der Waals surface area (Å²) in [4.78, 5) is 0. The molecule has 2 atom stereocenters. The van der Waals surface area contributed by atoms with E-state index in [1.54, 1.807) is 20.3 Å². The van der Waals surface area contributed by atoms with Gasteiger partial charge in [-0.05, 0) is 30.4 Å². The van der Waals surface area contributed by atoms with Gasteiger partial charge < -0.3 is 14.6 Å². The normalized spacial score (nSPS) is 14.4. The minimum absolute atomic E-state index is 0.201. The Kier molecular flexibility index (Phi) is 5.48. The molecule has 1 N–H and O–H groups in total. The van der Waals surface area contributed by atoms with Crippen molar-refractivity contribution in [1.82, 2.24) is 0 Å². The summed E-state index contributed by atoms with van der Waals surface area (Å²) in [5, 5.41) is 10.4. The van der Waals surface area contributed by atoms with Crippen molar-refractivity contribution < 1.29 is 14.6 Å². The van der Waals surface area contributed by atoms with Gasteiger partial charge in [-0.25, -0.2) is 0 Å². The number of aliphatic hydroxyl groups excluding tert-OH is 1. The predicted octanol–water partition coefficient (Wildman–Crippen LogP) is 3.42. The van der Waals surface area contributed by atoms with E-state index >= 15 is 0 Å². The van der Waals surface area contributed by atoms with Crippen molar-refractivity contribution in [1.29, 1.82) is 0 Å². The lowest BCUT2D eigenvalue weighted by Crippen LogP contribution is -2.12. The Balaban J connectivity index is 2.93. The molecule has 0 aromatic heterocycles. The maximum Gasteiger partial charge on any atom is 0.128 e. The molecule has 0 saturated heterocycles. The van der Waals surface area contributed by atoms with Crippen molar-refractivity contribution in [3.8, 4) is 11.5 Å². The van der Waals surface area contributed by atoms with Crippen molar-refractivity contribution >= 4 is 0 Å². The molecule has 0 amide bonds. The highest BCUT2D eigenvalue weighted by molar-refractivity contribution is 5.42. The molecule has 0 aliphatic heterocycles. The van der Waals surface area contributed by atoms with Crippen LogP contribution in [0.2, 0.25) is 0 Å². The second-order valence-corrected chi connectivity index (χ2v) is 5.16. The Morgan fingerprint density at radius 1 is 1.11 bits per heavy atom. The Morgan fingerprint density at radius 2 is 1.78 bits per heavy atom. The molecular formula is C15H24O3. The van der Waals surface area contributed by atoms with Crippen LogP contribution >= 0.6 is 0 Å². The zero-order valence-corrected chi connectivity index (χ0v) is 11.9. The Bertz CT molecular complexity index is 374. The number of aliphatic hydroxyl groups is 1. The van der Waals surface area contributed by atoms with Crippen LogP contribution in [0.25, 0.3) is 0 Å². The highest BCUT2D eigenvalue weighted by Gasteiger charge is 2.21. The first-order chi connectivity index (χ1) is 8.49. The second-order valence-electron chi connectivity index (χ2n) is 5.16. The Labute approximate surface area is 110 Å².